The van der Waals surface area contributed by atoms with Crippen molar-refractivity contribution in [3.63, 3.8) is 0 Å². The van der Waals surface area contributed by atoms with Gasteiger partial charge in [0.2, 0.25) is 0 Å². The Bertz CT molecular complexity index is 1140. The number of hydrogen-bond donors (Lipinski definition) is 0. The van der Waals surface area contributed by atoms with Gasteiger partial charge in [-0.1, -0.05) is 114 Å². The topological polar surface area (TPSA) is 0 Å². The first-order valence-electron chi connectivity index (χ1n) is 9.89. The second kappa shape index (κ2) is 7.53. The molecule has 0 heterocycles. The van der Waals surface area contributed by atoms with Gasteiger partial charge >= 0.3 is 0 Å². The summed E-state index contributed by atoms with van der Waals surface area (Å²) in [4.78, 5) is 0. The highest BCUT2D eigenvalue weighted by atomic mass is 28.2. The highest BCUT2D eigenvalue weighted by molar-refractivity contribution is 6.88. The van der Waals surface area contributed by atoms with Crippen LogP contribution in [0.1, 0.15) is 17.5 Å². The molecule has 0 saturated heterocycles. The molecule has 0 spiro atoms. The van der Waals surface area contributed by atoms with Crippen LogP contribution < -0.4 is 10.4 Å². The van der Waals surface area contributed by atoms with Crippen molar-refractivity contribution >= 4 is 41.3 Å². The number of hydrogen-bond acceptors (Lipinski definition) is 0. The van der Waals surface area contributed by atoms with Crippen molar-refractivity contribution < 1.29 is 0 Å². The Hall–Kier alpha value is -3.03. The van der Waals surface area contributed by atoms with Gasteiger partial charge in [-0.2, -0.15) is 0 Å². The molecule has 28 heavy (non-hydrogen) atoms. The Kier molecular flexibility index (Phi) is 4.60. The Morgan fingerprint density at radius 2 is 1.32 bits per heavy atom. The molecule has 0 aliphatic heterocycles. The van der Waals surface area contributed by atoms with E-state index in [1.165, 1.54) is 37.8 Å². The third kappa shape index (κ3) is 3.30. The van der Waals surface area contributed by atoms with E-state index >= 15 is 0 Å². The summed E-state index contributed by atoms with van der Waals surface area (Å²) in [5.41, 5.74) is 7.00. The Morgan fingerprint density at radius 1 is 0.679 bits per heavy atom. The Balaban J connectivity index is 1.47. The lowest BCUT2D eigenvalue weighted by Crippen LogP contribution is -2.36. The first-order chi connectivity index (χ1) is 13.9. The van der Waals surface area contributed by atoms with Gasteiger partial charge in [0.1, 0.15) is 0 Å². The number of fused-ring (bicyclic) bond motifs is 3. The van der Waals surface area contributed by atoms with E-state index in [1.54, 1.807) is 0 Å². The van der Waals surface area contributed by atoms with E-state index in [2.05, 4.69) is 109 Å². The Morgan fingerprint density at radius 3 is 2.04 bits per heavy atom. The molecule has 0 radical (unpaired) electrons. The van der Waals surface area contributed by atoms with Gasteiger partial charge in [0, 0.05) is 0 Å². The monoisotopic (exact) mass is 374 g/mol. The van der Waals surface area contributed by atoms with Gasteiger partial charge in [-0.05, 0) is 45.1 Å². The van der Waals surface area contributed by atoms with Crippen LogP contribution in [0.25, 0.3) is 16.8 Å². The van der Waals surface area contributed by atoms with E-state index in [9.17, 15) is 0 Å². The number of benzene rings is 4. The fraction of sp³-hybridized carbons (Fsp3) is 0.0741. The molecule has 5 rings (SSSR count). The summed E-state index contributed by atoms with van der Waals surface area (Å²) < 4.78 is 0. The lowest BCUT2D eigenvalue weighted by molar-refractivity contribution is 1.17. The van der Waals surface area contributed by atoms with Crippen molar-refractivity contribution in [1.82, 2.24) is 0 Å². The smallest absolute Gasteiger partial charge is 0.0763 e. The molecule has 0 fully saturated rings. The standard InChI is InChI=1S/C27H22Si/c1-3-10-24(11-4-1)28(25-12-5-2-6-13-25)18-17-21-19-23-16-15-22-9-7-8-14-26(22)27(23)20-21/h1-16,18-19H,17,20H2. The average molecular weight is 375 g/mol. The molecule has 0 amide bonds. The van der Waals surface area contributed by atoms with Crippen LogP contribution in [0, 0.1) is 0 Å². The molecule has 0 bridgehead atoms. The highest BCUT2D eigenvalue weighted by Crippen LogP contribution is 2.32. The molecular formula is C27H22Si. The van der Waals surface area contributed by atoms with Crippen molar-refractivity contribution in [2.75, 3.05) is 0 Å². The maximum Gasteiger partial charge on any atom is 0.0763 e. The summed E-state index contributed by atoms with van der Waals surface area (Å²) in [5.74, 6) is 0. The molecular weight excluding hydrogens is 352 g/mol. The van der Waals surface area contributed by atoms with Crippen LogP contribution in [0.4, 0.5) is 0 Å². The van der Waals surface area contributed by atoms with Crippen LogP contribution >= 0.6 is 0 Å². The molecule has 0 unspecified atom stereocenters. The third-order valence-electron chi connectivity index (χ3n) is 5.58. The van der Waals surface area contributed by atoms with Crippen LogP contribution in [0.5, 0.6) is 0 Å². The van der Waals surface area contributed by atoms with Crippen LogP contribution in [0.15, 0.2) is 103 Å². The summed E-state index contributed by atoms with van der Waals surface area (Å²) in [5, 5.41) is 5.67. The summed E-state index contributed by atoms with van der Waals surface area (Å²) in [6, 6.07) is 35.3. The van der Waals surface area contributed by atoms with Crippen LogP contribution in [0.3, 0.4) is 0 Å². The van der Waals surface area contributed by atoms with Gasteiger partial charge in [0.15, 0.2) is 0 Å². The second-order valence-corrected chi connectivity index (χ2v) is 9.78. The zero-order chi connectivity index (χ0) is 18.8. The zero-order valence-electron chi connectivity index (χ0n) is 15.8. The van der Waals surface area contributed by atoms with Gasteiger partial charge < -0.3 is 0 Å². The molecule has 0 saturated carbocycles. The second-order valence-electron chi connectivity index (χ2n) is 7.39. The molecule has 0 N–H and O–H groups in total. The predicted octanol–water partition coefficient (Wildman–Crippen LogP) is 4.86. The van der Waals surface area contributed by atoms with Gasteiger partial charge in [0.25, 0.3) is 0 Å². The molecule has 0 aromatic heterocycles. The highest BCUT2D eigenvalue weighted by Gasteiger charge is 2.15. The number of allylic oxidation sites excluding steroid dienone is 1. The zero-order valence-corrected chi connectivity index (χ0v) is 16.8. The predicted molar refractivity (Wildman–Crippen MR) is 124 cm³/mol. The lowest BCUT2D eigenvalue weighted by atomic mass is 10.00. The number of rotatable bonds is 4. The first kappa shape index (κ1) is 17.1. The van der Waals surface area contributed by atoms with Crippen molar-refractivity contribution in [1.29, 1.82) is 0 Å². The lowest BCUT2D eigenvalue weighted by Gasteiger charge is -2.08. The van der Waals surface area contributed by atoms with Gasteiger partial charge in [0.05, 0.1) is 8.41 Å². The minimum Gasteiger partial charge on any atom is -0.0912 e. The Labute approximate surface area is 168 Å². The summed E-state index contributed by atoms with van der Waals surface area (Å²) in [6.07, 6.45) is 4.54. The van der Waals surface area contributed by atoms with Gasteiger partial charge in [-0.25, -0.2) is 0 Å². The summed E-state index contributed by atoms with van der Waals surface area (Å²) >= 11 is 0. The SMILES string of the molecule is C1=C(CC=[Si](c2ccccc2)c2ccccc2)Cc2c1ccc1ccccc21. The quantitative estimate of drug-likeness (QED) is 0.447. The molecule has 134 valence electrons. The van der Waals surface area contributed by atoms with E-state index in [0.717, 1.165) is 12.8 Å². The minimum absolute atomic E-state index is 0.881. The fourth-order valence-corrected chi connectivity index (χ4v) is 6.56. The maximum absolute atomic E-state index is 2.58. The van der Waals surface area contributed by atoms with E-state index in [0.29, 0.717) is 0 Å². The van der Waals surface area contributed by atoms with Crippen molar-refractivity contribution in [3.05, 3.63) is 114 Å². The normalized spacial score (nSPS) is 12.5. The minimum atomic E-state index is -0.881. The molecule has 4 aromatic carbocycles. The molecule has 1 heteroatoms. The molecule has 4 aromatic rings. The average Bonchev–Trinajstić information content (AvgIpc) is 3.19. The van der Waals surface area contributed by atoms with Crippen molar-refractivity contribution in [2.45, 2.75) is 12.8 Å². The molecule has 1 aliphatic carbocycles. The van der Waals surface area contributed by atoms with E-state index in [4.69, 9.17) is 0 Å². The van der Waals surface area contributed by atoms with Crippen LogP contribution in [-0.2, 0) is 6.42 Å². The van der Waals surface area contributed by atoms with Crippen molar-refractivity contribution in [2.24, 2.45) is 0 Å². The first-order valence-corrected chi connectivity index (χ1v) is 11.5. The molecule has 0 atom stereocenters. The van der Waals surface area contributed by atoms with E-state index in [-0.39, 0.29) is 0 Å². The summed E-state index contributed by atoms with van der Waals surface area (Å²) in [7, 11) is -0.881. The van der Waals surface area contributed by atoms with Gasteiger partial charge in [-0.15, -0.1) is 0 Å². The molecule has 0 nitrogen and oxygen atoms in total. The maximum atomic E-state index is 2.58. The molecule has 1 aliphatic rings. The summed E-state index contributed by atoms with van der Waals surface area (Å²) in [6.45, 7) is 0. The van der Waals surface area contributed by atoms with Crippen LogP contribution in [-0.4, -0.2) is 14.1 Å². The van der Waals surface area contributed by atoms with Crippen molar-refractivity contribution in [3.8, 4) is 0 Å². The van der Waals surface area contributed by atoms with E-state index in [1.807, 2.05) is 0 Å². The van der Waals surface area contributed by atoms with Crippen LogP contribution in [0.2, 0.25) is 0 Å². The van der Waals surface area contributed by atoms with E-state index < -0.39 is 8.41 Å². The largest absolute Gasteiger partial charge is 0.0912 e. The van der Waals surface area contributed by atoms with Gasteiger partial charge in [-0.3, -0.25) is 0 Å². The third-order valence-corrected chi connectivity index (χ3v) is 8.10. The fourth-order valence-electron chi connectivity index (χ4n) is 4.19.